The fourth-order valence-corrected chi connectivity index (χ4v) is 10.2. The van der Waals surface area contributed by atoms with E-state index >= 15 is 0 Å². The fraction of sp³-hybridized carbons (Fsp3) is 0.444. The van der Waals surface area contributed by atoms with Crippen LogP contribution in [0.2, 0.25) is 12.6 Å². The number of halogens is 17. The summed E-state index contributed by atoms with van der Waals surface area (Å²) in [5.74, 6) is 1.15. The Hall–Kier alpha value is -3.27. The average Bonchev–Trinajstić information content (AvgIpc) is 3.69. The van der Waals surface area contributed by atoms with Crippen molar-refractivity contribution < 1.29 is 86.7 Å². The molecule has 2 fully saturated rings. The first-order chi connectivity index (χ1) is 34.2. The molecule has 0 unspecified atom stereocenters. The summed E-state index contributed by atoms with van der Waals surface area (Å²) in [5.41, 5.74) is -2.34. The Bertz CT molecular complexity index is 2400. The molecule has 2 radical (unpaired) electrons. The fourth-order valence-electron chi connectivity index (χ4n) is 9.62. The van der Waals surface area contributed by atoms with Crippen LogP contribution in [0.4, 0.5) is 65.9 Å². The van der Waals surface area contributed by atoms with Gasteiger partial charge in [0.25, 0.3) is 0 Å². The molecule has 6 aromatic rings. The summed E-state index contributed by atoms with van der Waals surface area (Å²) in [6.07, 6.45) is -7.73. The van der Waals surface area contributed by atoms with E-state index in [1.54, 1.807) is 30.8 Å². The van der Waals surface area contributed by atoms with Crippen molar-refractivity contribution in [1.82, 2.24) is 0 Å². The predicted octanol–water partition coefficient (Wildman–Crippen LogP) is 21.0. The third-order valence-electron chi connectivity index (χ3n) is 13.1. The molecule has 0 aromatic heterocycles. The molecular formula is C54H53Cl2F15SiZr. The van der Waals surface area contributed by atoms with Gasteiger partial charge in [0.05, 0.1) is 22.3 Å². The van der Waals surface area contributed by atoms with Gasteiger partial charge in [-0.05, 0) is 72.2 Å². The monoisotopic (exact) mass is 1170 g/mol. The molecule has 0 nitrogen and oxygen atoms in total. The normalized spacial score (nSPS) is 15.5. The Morgan fingerprint density at radius 3 is 1.05 bits per heavy atom. The standard InChI is InChI=1S/2C25H23F6.C4H7F3Si.2ClH.Zr/c2*26-24(27,28)20-13-19(14-21(15-20)25(29,30)31)22-9-5-8-18-11-17(12-23(18)22)10-16-6-3-1-2-4-7-16;1-8-3-2-4(5,6)7;;;/h2*5,8-9,11-16H,1-4,6-7,10H2;2-3H2,1H3;2*1H;/q2*-1;;;;+4/p-2. The van der Waals surface area contributed by atoms with Crippen LogP contribution in [0.1, 0.15) is 117 Å². The van der Waals surface area contributed by atoms with Crippen LogP contribution in [0.5, 0.6) is 0 Å². The van der Waals surface area contributed by atoms with E-state index in [0.29, 0.717) is 43.3 Å². The summed E-state index contributed by atoms with van der Waals surface area (Å²) in [6, 6.07) is 22.0. The summed E-state index contributed by atoms with van der Waals surface area (Å²) in [6.45, 7) is 1.77. The first-order valence-corrected chi connectivity index (χ1v) is 31.9. The van der Waals surface area contributed by atoms with E-state index in [1.807, 2.05) is 36.4 Å². The molecule has 0 amide bonds. The van der Waals surface area contributed by atoms with Crippen molar-refractivity contribution in [2.24, 2.45) is 11.8 Å². The van der Waals surface area contributed by atoms with Crippen molar-refractivity contribution in [3.8, 4) is 22.3 Å². The first-order valence-electron chi connectivity index (χ1n) is 23.8. The third-order valence-corrected chi connectivity index (χ3v) is 13.8. The van der Waals surface area contributed by atoms with Crippen molar-refractivity contribution in [3.63, 3.8) is 0 Å². The molecule has 0 aliphatic heterocycles. The molecule has 2 aliphatic rings. The Kier molecular flexibility index (Phi) is 22.1. The van der Waals surface area contributed by atoms with Gasteiger partial charge in [-0.1, -0.05) is 113 Å². The quantitative estimate of drug-likeness (QED) is 0.0617. The average molecular weight is 1180 g/mol. The molecule has 0 spiro atoms. The summed E-state index contributed by atoms with van der Waals surface area (Å²) < 4.78 is 193. The molecule has 0 atom stereocenters. The van der Waals surface area contributed by atoms with E-state index in [-0.39, 0.29) is 29.3 Å². The van der Waals surface area contributed by atoms with Crippen molar-refractivity contribution in [3.05, 3.63) is 130 Å². The van der Waals surface area contributed by atoms with Crippen molar-refractivity contribution in [1.29, 1.82) is 0 Å². The molecule has 0 N–H and O–H groups in total. The van der Waals surface area contributed by atoms with Gasteiger partial charge < -0.3 is 0 Å². The number of benzene rings is 4. The van der Waals surface area contributed by atoms with Crippen molar-refractivity contribution >= 4 is 48.1 Å². The van der Waals surface area contributed by atoms with Crippen LogP contribution in [0.15, 0.2) is 97.1 Å². The molecule has 8 rings (SSSR count). The summed E-state index contributed by atoms with van der Waals surface area (Å²) in [4.78, 5) is 0. The Balaban J connectivity index is 0.000000225. The minimum absolute atomic E-state index is 0.0700. The van der Waals surface area contributed by atoms with Crippen LogP contribution < -0.4 is 0 Å². The molecule has 2 saturated carbocycles. The van der Waals surface area contributed by atoms with Crippen LogP contribution in [-0.4, -0.2) is 15.7 Å². The van der Waals surface area contributed by atoms with E-state index in [0.717, 1.165) is 84.7 Å². The molecular weight excluding hydrogens is 1120 g/mol. The molecule has 73 heavy (non-hydrogen) atoms. The number of fused-ring (bicyclic) bond motifs is 2. The van der Waals surface area contributed by atoms with Gasteiger partial charge in [0.2, 0.25) is 0 Å². The van der Waals surface area contributed by atoms with E-state index in [2.05, 4.69) is 0 Å². The first kappa shape index (κ1) is 60.6. The Morgan fingerprint density at radius 1 is 0.479 bits per heavy atom. The van der Waals surface area contributed by atoms with Crippen LogP contribution in [0.3, 0.4) is 0 Å². The zero-order valence-electron chi connectivity index (χ0n) is 39.6. The predicted molar refractivity (Wildman–Crippen MR) is 259 cm³/mol. The minimum atomic E-state index is -4.86. The van der Waals surface area contributed by atoms with Gasteiger partial charge in [-0.25, -0.2) is 0 Å². The second kappa shape index (κ2) is 26.7. The van der Waals surface area contributed by atoms with E-state index < -0.39 is 80.4 Å². The topological polar surface area (TPSA) is 0 Å². The zero-order valence-corrected chi connectivity index (χ0v) is 44.6. The SMILES string of the molecule is C[Si]CCC(F)(F)F.FC(F)(F)c1cc(-c2cccc3[cH-]c(CC4CCCCCC4)cc23)cc(C(F)(F)F)c1.FC(F)(F)c1cc(-c2cccc3[cH-]c(CC4CCCCCC4)cc23)cc(C(F)(F)F)c1.[Cl][Zr+2][Cl]. The van der Waals surface area contributed by atoms with E-state index in [9.17, 15) is 65.9 Å². The molecule has 6 aromatic carbocycles. The van der Waals surface area contributed by atoms with Gasteiger partial charge in [-0.3, -0.25) is 0 Å². The summed E-state index contributed by atoms with van der Waals surface area (Å²) >= 11 is -0.826. The number of rotatable bonds is 8. The Labute approximate surface area is 436 Å². The zero-order chi connectivity index (χ0) is 53.8. The van der Waals surface area contributed by atoms with Crippen LogP contribution in [0.25, 0.3) is 43.8 Å². The summed E-state index contributed by atoms with van der Waals surface area (Å²) in [5, 5.41) is 3.07. The van der Waals surface area contributed by atoms with Gasteiger partial charge in [-0.15, -0.1) is 69.1 Å². The van der Waals surface area contributed by atoms with Gasteiger partial charge >= 0.3 is 68.8 Å². The molecule has 0 heterocycles. The number of hydrogen-bond acceptors (Lipinski definition) is 0. The maximum absolute atomic E-state index is 13.3. The maximum atomic E-state index is 13.3. The van der Waals surface area contributed by atoms with Gasteiger partial charge in [0.15, 0.2) is 0 Å². The molecule has 2 aliphatic carbocycles. The summed E-state index contributed by atoms with van der Waals surface area (Å²) in [7, 11) is 10.3. The second-order valence-corrected chi connectivity index (χ2v) is 23.5. The Morgan fingerprint density at radius 2 is 0.795 bits per heavy atom. The number of alkyl halides is 15. The van der Waals surface area contributed by atoms with Crippen molar-refractivity contribution in [2.45, 2.75) is 140 Å². The van der Waals surface area contributed by atoms with Gasteiger partial charge in [-0.2, -0.15) is 78.0 Å². The van der Waals surface area contributed by atoms with E-state index in [4.69, 9.17) is 17.0 Å². The second-order valence-electron chi connectivity index (χ2n) is 18.6. The van der Waals surface area contributed by atoms with E-state index in [1.165, 1.54) is 51.4 Å². The van der Waals surface area contributed by atoms with Gasteiger partial charge in [0.1, 0.15) is 0 Å². The molecule has 0 saturated heterocycles. The number of hydrogen-bond donors (Lipinski definition) is 0. The van der Waals surface area contributed by atoms with Crippen LogP contribution in [0, 0.1) is 11.8 Å². The molecule has 19 heteroatoms. The molecule has 0 bridgehead atoms. The molecule has 396 valence electrons. The van der Waals surface area contributed by atoms with Crippen LogP contribution >= 0.6 is 17.0 Å². The van der Waals surface area contributed by atoms with Gasteiger partial charge in [0, 0.05) is 15.9 Å². The third kappa shape index (κ3) is 18.8. The van der Waals surface area contributed by atoms with Crippen LogP contribution in [-0.2, 0) is 58.4 Å². The van der Waals surface area contributed by atoms with Crippen molar-refractivity contribution in [2.75, 3.05) is 0 Å².